The number of nitrogens with zero attached hydrogens (tertiary/aromatic N) is 1. The van der Waals surface area contributed by atoms with Crippen molar-refractivity contribution in [3.8, 4) is 0 Å². The minimum atomic E-state index is 0.149. The fourth-order valence-electron chi connectivity index (χ4n) is 1.89. The summed E-state index contributed by atoms with van der Waals surface area (Å²) in [5, 5.41) is 9.28. The first kappa shape index (κ1) is 17.9. The third-order valence-corrected chi connectivity index (χ3v) is 5.19. The van der Waals surface area contributed by atoms with Crippen molar-refractivity contribution in [1.82, 2.24) is 4.90 Å². The SMILES string of the molecule is CC(C)C(C)(C)CCN(CCO)C(C)(C)C(C)C. The van der Waals surface area contributed by atoms with Crippen molar-refractivity contribution < 1.29 is 5.11 Å². The van der Waals surface area contributed by atoms with Crippen LogP contribution in [-0.4, -0.2) is 35.2 Å². The summed E-state index contributed by atoms with van der Waals surface area (Å²) in [6, 6.07) is 0. The van der Waals surface area contributed by atoms with Gasteiger partial charge in [-0.25, -0.2) is 0 Å². The van der Waals surface area contributed by atoms with Gasteiger partial charge in [0.25, 0.3) is 0 Å². The Morgan fingerprint density at radius 3 is 1.72 bits per heavy atom. The molecule has 0 saturated heterocycles. The summed E-state index contributed by atoms with van der Waals surface area (Å²) in [6.45, 7) is 20.5. The highest BCUT2D eigenvalue weighted by Gasteiger charge is 2.31. The maximum Gasteiger partial charge on any atom is 0.0558 e. The zero-order valence-electron chi connectivity index (χ0n) is 13.9. The van der Waals surface area contributed by atoms with E-state index >= 15 is 0 Å². The maximum atomic E-state index is 9.28. The minimum Gasteiger partial charge on any atom is -0.395 e. The van der Waals surface area contributed by atoms with Crippen LogP contribution in [0.3, 0.4) is 0 Å². The van der Waals surface area contributed by atoms with Gasteiger partial charge in [0.15, 0.2) is 0 Å². The number of hydrogen-bond acceptors (Lipinski definition) is 2. The van der Waals surface area contributed by atoms with Gasteiger partial charge >= 0.3 is 0 Å². The van der Waals surface area contributed by atoms with Crippen LogP contribution >= 0.6 is 0 Å². The Kier molecular flexibility index (Phi) is 6.87. The summed E-state index contributed by atoms with van der Waals surface area (Å²) >= 11 is 0. The van der Waals surface area contributed by atoms with Crippen LogP contribution in [0.5, 0.6) is 0 Å². The van der Waals surface area contributed by atoms with Gasteiger partial charge in [0, 0.05) is 12.1 Å². The molecular formula is C16H35NO. The van der Waals surface area contributed by atoms with Gasteiger partial charge in [0.05, 0.1) is 6.61 Å². The van der Waals surface area contributed by atoms with E-state index in [4.69, 9.17) is 0 Å². The third kappa shape index (κ3) is 4.89. The van der Waals surface area contributed by atoms with E-state index in [1.807, 2.05) is 0 Å². The highest BCUT2D eigenvalue weighted by Crippen LogP contribution is 2.32. The summed E-state index contributed by atoms with van der Waals surface area (Å²) in [6.07, 6.45) is 1.18. The topological polar surface area (TPSA) is 23.5 Å². The molecular weight excluding hydrogens is 222 g/mol. The monoisotopic (exact) mass is 257 g/mol. The van der Waals surface area contributed by atoms with Crippen LogP contribution in [0.25, 0.3) is 0 Å². The van der Waals surface area contributed by atoms with E-state index in [-0.39, 0.29) is 12.1 Å². The third-order valence-electron chi connectivity index (χ3n) is 5.19. The van der Waals surface area contributed by atoms with E-state index in [0.29, 0.717) is 17.3 Å². The summed E-state index contributed by atoms with van der Waals surface area (Å²) in [5.74, 6) is 1.28. The lowest BCUT2D eigenvalue weighted by atomic mass is 9.77. The van der Waals surface area contributed by atoms with Crippen LogP contribution in [0, 0.1) is 17.3 Å². The molecule has 0 aromatic rings. The first-order chi connectivity index (χ1) is 8.05. The van der Waals surface area contributed by atoms with Gasteiger partial charge in [-0.2, -0.15) is 0 Å². The molecule has 0 rings (SSSR count). The second-order valence-electron chi connectivity index (χ2n) is 7.41. The van der Waals surface area contributed by atoms with Gasteiger partial charge in [0.2, 0.25) is 0 Å². The molecule has 0 radical (unpaired) electrons. The van der Waals surface area contributed by atoms with Crippen LogP contribution in [0.15, 0.2) is 0 Å². The molecule has 0 saturated carbocycles. The van der Waals surface area contributed by atoms with Crippen LogP contribution in [0.4, 0.5) is 0 Å². The Hall–Kier alpha value is -0.0800. The average Bonchev–Trinajstić information content (AvgIpc) is 2.23. The molecule has 0 unspecified atom stereocenters. The van der Waals surface area contributed by atoms with E-state index in [0.717, 1.165) is 13.1 Å². The lowest BCUT2D eigenvalue weighted by molar-refractivity contribution is 0.0418. The summed E-state index contributed by atoms with van der Waals surface area (Å²) in [7, 11) is 0. The minimum absolute atomic E-state index is 0.149. The van der Waals surface area contributed by atoms with Crippen molar-refractivity contribution in [2.45, 2.75) is 67.3 Å². The maximum absolute atomic E-state index is 9.28. The predicted molar refractivity (Wildman–Crippen MR) is 80.8 cm³/mol. The standard InChI is InChI=1S/C16H35NO/c1-13(2)15(5,6)9-10-17(11-12-18)16(7,8)14(3)4/h13-14,18H,9-12H2,1-8H3. The average molecular weight is 257 g/mol. The Balaban J connectivity index is 4.65. The molecule has 1 N–H and O–H groups in total. The Morgan fingerprint density at radius 2 is 1.39 bits per heavy atom. The quantitative estimate of drug-likeness (QED) is 0.715. The molecule has 0 atom stereocenters. The van der Waals surface area contributed by atoms with Crippen molar-refractivity contribution in [3.05, 3.63) is 0 Å². The molecule has 0 aliphatic carbocycles. The van der Waals surface area contributed by atoms with Crippen molar-refractivity contribution in [2.75, 3.05) is 19.7 Å². The van der Waals surface area contributed by atoms with Gasteiger partial charge in [-0.1, -0.05) is 41.5 Å². The van der Waals surface area contributed by atoms with Crippen molar-refractivity contribution in [1.29, 1.82) is 0 Å². The Morgan fingerprint density at radius 1 is 0.889 bits per heavy atom. The summed E-state index contributed by atoms with van der Waals surface area (Å²) in [5.41, 5.74) is 0.510. The number of rotatable bonds is 8. The van der Waals surface area contributed by atoms with Gasteiger partial charge < -0.3 is 5.11 Å². The van der Waals surface area contributed by atoms with Gasteiger partial charge in [0.1, 0.15) is 0 Å². The highest BCUT2D eigenvalue weighted by atomic mass is 16.3. The highest BCUT2D eigenvalue weighted by molar-refractivity contribution is 4.86. The Bertz CT molecular complexity index is 231. The Labute approximate surface area is 115 Å². The molecule has 2 nitrogen and oxygen atoms in total. The van der Waals surface area contributed by atoms with Crippen molar-refractivity contribution in [2.24, 2.45) is 17.3 Å². The first-order valence-corrected chi connectivity index (χ1v) is 7.41. The fraction of sp³-hybridized carbons (Fsp3) is 1.00. The second-order valence-corrected chi connectivity index (χ2v) is 7.41. The molecule has 0 aromatic heterocycles. The van der Waals surface area contributed by atoms with Crippen LogP contribution in [0.1, 0.15) is 61.8 Å². The molecule has 18 heavy (non-hydrogen) atoms. The van der Waals surface area contributed by atoms with Gasteiger partial charge in [-0.05, 0) is 44.1 Å². The smallest absolute Gasteiger partial charge is 0.0558 e. The molecule has 0 aliphatic heterocycles. The van der Waals surface area contributed by atoms with E-state index in [2.05, 4.69) is 60.3 Å². The van der Waals surface area contributed by atoms with Crippen LogP contribution in [0.2, 0.25) is 0 Å². The fourth-order valence-corrected chi connectivity index (χ4v) is 1.89. The van der Waals surface area contributed by atoms with Gasteiger partial charge in [-0.15, -0.1) is 0 Å². The second kappa shape index (κ2) is 6.91. The summed E-state index contributed by atoms with van der Waals surface area (Å²) < 4.78 is 0. The number of aliphatic hydroxyl groups excluding tert-OH is 1. The van der Waals surface area contributed by atoms with E-state index < -0.39 is 0 Å². The molecule has 0 aromatic carbocycles. The molecule has 0 amide bonds. The number of β-amino-alcohol motifs (C(OH)–C–C–N with tert-alkyl or cyclic N) is 1. The molecule has 0 fully saturated rings. The van der Waals surface area contributed by atoms with Crippen molar-refractivity contribution in [3.63, 3.8) is 0 Å². The van der Waals surface area contributed by atoms with Crippen molar-refractivity contribution >= 4 is 0 Å². The van der Waals surface area contributed by atoms with Gasteiger partial charge in [-0.3, -0.25) is 4.90 Å². The van der Waals surface area contributed by atoms with Crippen LogP contribution < -0.4 is 0 Å². The van der Waals surface area contributed by atoms with E-state index in [9.17, 15) is 5.11 Å². The largest absolute Gasteiger partial charge is 0.395 e. The number of aliphatic hydroxyl groups is 1. The molecule has 0 aliphatic rings. The predicted octanol–water partition coefficient (Wildman–Crippen LogP) is 3.79. The zero-order chi connectivity index (χ0) is 14.6. The molecule has 0 bridgehead atoms. The molecule has 2 heteroatoms. The van der Waals surface area contributed by atoms with Crippen LogP contribution in [-0.2, 0) is 0 Å². The molecule has 110 valence electrons. The first-order valence-electron chi connectivity index (χ1n) is 7.41. The number of hydrogen-bond donors (Lipinski definition) is 1. The summed E-state index contributed by atoms with van der Waals surface area (Å²) in [4.78, 5) is 2.45. The lowest BCUT2D eigenvalue weighted by Crippen LogP contribution is -2.50. The molecule has 0 heterocycles. The zero-order valence-corrected chi connectivity index (χ0v) is 13.9. The normalized spacial score (nSPS) is 14.0. The lowest BCUT2D eigenvalue weighted by Gasteiger charge is -2.43. The molecule has 0 spiro atoms. The van der Waals surface area contributed by atoms with E-state index in [1.165, 1.54) is 6.42 Å². The van der Waals surface area contributed by atoms with E-state index in [1.54, 1.807) is 0 Å².